The SMILES string of the molecule is CCNC(=O)Nc1ccc(C(=O)NN)cc1. The van der Waals surface area contributed by atoms with E-state index in [1.54, 1.807) is 24.3 Å². The van der Waals surface area contributed by atoms with Gasteiger partial charge in [0.15, 0.2) is 0 Å². The number of amides is 3. The van der Waals surface area contributed by atoms with Crippen molar-refractivity contribution in [3.63, 3.8) is 0 Å². The first-order valence-electron chi connectivity index (χ1n) is 4.83. The molecule has 5 N–H and O–H groups in total. The topological polar surface area (TPSA) is 96.2 Å². The third-order valence-electron chi connectivity index (χ3n) is 1.87. The molecule has 0 atom stereocenters. The molecule has 0 heterocycles. The number of hydrogen-bond acceptors (Lipinski definition) is 3. The van der Waals surface area contributed by atoms with Crippen LogP contribution in [-0.4, -0.2) is 18.5 Å². The van der Waals surface area contributed by atoms with Gasteiger partial charge in [0.05, 0.1) is 0 Å². The summed E-state index contributed by atoms with van der Waals surface area (Å²) >= 11 is 0. The zero-order valence-electron chi connectivity index (χ0n) is 8.91. The highest BCUT2D eigenvalue weighted by molar-refractivity contribution is 5.95. The quantitative estimate of drug-likeness (QED) is 0.339. The van der Waals surface area contributed by atoms with Crippen molar-refractivity contribution in [1.29, 1.82) is 0 Å². The average Bonchev–Trinajstić information content (AvgIpc) is 2.29. The molecule has 0 aliphatic carbocycles. The van der Waals surface area contributed by atoms with E-state index < -0.39 is 0 Å². The Kier molecular flexibility index (Phi) is 4.28. The molecule has 3 amide bonds. The van der Waals surface area contributed by atoms with Gasteiger partial charge in [0, 0.05) is 17.8 Å². The average molecular weight is 222 g/mol. The minimum atomic E-state index is -0.371. The summed E-state index contributed by atoms with van der Waals surface area (Å²) in [5, 5.41) is 5.21. The van der Waals surface area contributed by atoms with Crippen LogP contribution in [0.1, 0.15) is 17.3 Å². The maximum Gasteiger partial charge on any atom is 0.319 e. The molecule has 6 heteroatoms. The van der Waals surface area contributed by atoms with Crippen molar-refractivity contribution >= 4 is 17.6 Å². The maximum absolute atomic E-state index is 11.2. The summed E-state index contributed by atoms with van der Waals surface area (Å²) in [6.45, 7) is 2.38. The van der Waals surface area contributed by atoms with E-state index in [1.807, 2.05) is 12.3 Å². The van der Waals surface area contributed by atoms with Crippen molar-refractivity contribution in [2.45, 2.75) is 6.92 Å². The van der Waals surface area contributed by atoms with Gasteiger partial charge >= 0.3 is 6.03 Å². The molecule has 0 fully saturated rings. The summed E-state index contributed by atoms with van der Waals surface area (Å²) in [6.07, 6.45) is 0. The Morgan fingerprint density at radius 3 is 2.38 bits per heavy atom. The van der Waals surface area contributed by atoms with E-state index in [0.29, 0.717) is 17.8 Å². The maximum atomic E-state index is 11.2. The highest BCUT2D eigenvalue weighted by atomic mass is 16.2. The van der Waals surface area contributed by atoms with Gasteiger partial charge in [-0.1, -0.05) is 0 Å². The number of carbonyl (C=O) groups excluding carboxylic acids is 2. The molecule has 1 aromatic rings. The van der Waals surface area contributed by atoms with Crippen molar-refractivity contribution < 1.29 is 9.59 Å². The lowest BCUT2D eigenvalue weighted by Gasteiger charge is -2.06. The standard InChI is InChI=1S/C10H14N4O2/c1-2-12-10(16)13-8-5-3-7(4-6-8)9(15)14-11/h3-6H,2,11H2,1H3,(H,14,15)(H2,12,13,16). The molecule has 0 unspecified atom stereocenters. The smallest absolute Gasteiger partial charge is 0.319 e. The second kappa shape index (κ2) is 5.72. The fourth-order valence-electron chi connectivity index (χ4n) is 1.12. The van der Waals surface area contributed by atoms with Crippen LogP contribution in [0, 0.1) is 0 Å². The zero-order valence-corrected chi connectivity index (χ0v) is 8.91. The van der Waals surface area contributed by atoms with E-state index in [2.05, 4.69) is 10.6 Å². The van der Waals surface area contributed by atoms with E-state index in [9.17, 15) is 9.59 Å². The summed E-state index contributed by atoms with van der Waals surface area (Å²) in [6, 6.07) is 6.12. The minimum absolute atomic E-state index is 0.279. The van der Waals surface area contributed by atoms with Crippen molar-refractivity contribution in [2.24, 2.45) is 5.84 Å². The zero-order chi connectivity index (χ0) is 12.0. The number of nitrogens with two attached hydrogens (primary N) is 1. The van der Waals surface area contributed by atoms with Gasteiger partial charge in [-0.15, -0.1) is 0 Å². The molecule has 0 radical (unpaired) electrons. The van der Waals surface area contributed by atoms with Crippen LogP contribution in [0.25, 0.3) is 0 Å². The van der Waals surface area contributed by atoms with E-state index in [1.165, 1.54) is 0 Å². The fraction of sp³-hybridized carbons (Fsp3) is 0.200. The van der Waals surface area contributed by atoms with Crippen LogP contribution in [0.3, 0.4) is 0 Å². The van der Waals surface area contributed by atoms with Gasteiger partial charge in [0.1, 0.15) is 0 Å². The third-order valence-corrected chi connectivity index (χ3v) is 1.87. The molecule has 0 aromatic heterocycles. The Balaban J connectivity index is 2.64. The lowest BCUT2D eigenvalue weighted by molar-refractivity contribution is 0.0953. The Hall–Kier alpha value is -2.08. The van der Waals surface area contributed by atoms with Gasteiger partial charge in [0.2, 0.25) is 0 Å². The van der Waals surface area contributed by atoms with Gasteiger partial charge in [-0.05, 0) is 31.2 Å². The molecule has 16 heavy (non-hydrogen) atoms. The van der Waals surface area contributed by atoms with E-state index in [4.69, 9.17) is 5.84 Å². The van der Waals surface area contributed by atoms with E-state index in [0.717, 1.165) is 0 Å². The van der Waals surface area contributed by atoms with Crippen molar-refractivity contribution in [2.75, 3.05) is 11.9 Å². The van der Waals surface area contributed by atoms with Crippen molar-refractivity contribution in [1.82, 2.24) is 10.7 Å². The van der Waals surface area contributed by atoms with Crippen LogP contribution in [0.15, 0.2) is 24.3 Å². The normalized spacial score (nSPS) is 9.38. The molecular formula is C10H14N4O2. The Bertz CT molecular complexity index is 375. The lowest BCUT2D eigenvalue weighted by atomic mass is 10.2. The summed E-state index contributed by atoms with van der Waals surface area (Å²) in [4.78, 5) is 22.3. The number of nitrogen functional groups attached to an aromatic ring is 1. The van der Waals surface area contributed by atoms with E-state index in [-0.39, 0.29) is 11.9 Å². The molecule has 0 saturated carbocycles. The first-order chi connectivity index (χ1) is 7.67. The van der Waals surface area contributed by atoms with Crippen LogP contribution < -0.4 is 21.9 Å². The highest BCUT2D eigenvalue weighted by Gasteiger charge is 2.03. The number of carbonyl (C=O) groups is 2. The molecule has 6 nitrogen and oxygen atoms in total. The predicted molar refractivity (Wildman–Crippen MR) is 60.8 cm³/mol. The van der Waals surface area contributed by atoms with E-state index >= 15 is 0 Å². The Morgan fingerprint density at radius 1 is 1.25 bits per heavy atom. The lowest BCUT2D eigenvalue weighted by Crippen LogP contribution is -2.30. The first kappa shape index (κ1) is 12.0. The Labute approximate surface area is 93.2 Å². The number of urea groups is 1. The van der Waals surface area contributed by atoms with Crippen LogP contribution in [-0.2, 0) is 0 Å². The highest BCUT2D eigenvalue weighted by Crippen LogP contribution is 2.08. The van der Waals surface area contributed by atoms with Crippen LogP contribution in [0.5, 0.6) is 0 Å². The molecular weight excluding hydrogens is 208 g/mol. The number of anilines is 1. The summed E-state index contributed by atoms with van der Waals surface area (Å²) in [7, 11) is 0. The molecule has 1 rings (SSSR count). The van der Waals surface area contributed by atoms with Gasteiger partial charge in [-0.3, -0.25) is 10.2 Å². The number of hydrazine groups is 1. The minimum Gasteiger partial charge on any atom is -0.338 e. The van der Waals surface area contributed by atoms with Gasteiger partial charge in [-0.2, -0.15) is 0 Å². The summed E-state index contributed by atoms with van der Waals surface area (Å²) < 4.78 is 0. The van der Waals surface area contributed by atoms with Crippen molar-refractivity contribution in [3.8, 4) is 0 Å². The second-order valence-corrected chi connectivity index (χ2v) is 3.04. The van der Waals surface area contributed by atoms with Gasteiger partial charge < -0.3 is 10.6 Å². The number of rotatable bonds is 3. The Morgan fingerprint density at radius 2 is 1.88 bits per heavy atom. The number of hydrogen-bond donors (Lipinski definition) is 4. The molecule has 0 spiro atoms. The number of nitrogens with one attached hydrogen (secondary N) is 3. The van der Waals surface area contributed by atoms with Crippen molar-refractivity contribution in [3.05, 3.63) is 29.8 Å². The molecule has 86 valence electrons. The van der Waals surface area contributed by atoms with Gasteiger partial charge in [-0.25, -0.2) is 10.6 Å². The van der Waals surface area contributed by atoms with Gasteiger partial charge in [0.25, 0.3) is 5.91 Å². The van der Waals surface area contributed by atoms with Crippen LogP contribution in [0.4, 0.5) is 10.5 Å². The fourth-order valence-corrected chi connectivity index (χ4v) is 1.12. The molecule has 0 aliphatic heterocycles. The summed E-state index contributed by atoms with van der Waals surface area (Å²) in [5.74, 6) is 4.61. The van der Waals surface area contributed by atoms with Crippen LogP contribution >= 0.6 is 0 Å². The molecule has 0 aliphatic rings. The first-order valence-corrected chi connectivity index (χ1v) is 4.83. The molecule has 1 aromatic carbocycles. The second-order valence-electron chi connectivity index (χ2n) is 3.04. The summed E-state index contributed by atoms with van der Waals surface area (Å²) in [5.41, 5.74) is 3.07. The largest absolute Gasteiger partial charge is 0.338 e. The predicted octanol–water partition coefficient (Wildman–Crippen LogP) is 0.432. The molecule has 0 saturated heterocycles. The monoisotopic (exact) mass is 222 g/mol. The third kappa shape index (κ3) is 3.25. The number of benzene rings is 1. The molecule has 0 bridgehead atoms. The van der Waals surface area contributed by atoms with Crippen LogP contribution in [0.2, 0.25) is 0 Å².